The topological polar surface area (TPSA) is 58.2 Å². The molecule has 114 valence electrons. The molecule has 0 atom stereocenters. The minimum absolute atomic E-state index is 0.290. The van der Waals surface area contributed by atoms with Gasteiger partial charge in [-0.3, -0.25) is 0 Å². The Morgan fingerprint density at radius 1 is 1.24 bits per heavy atom. The lowest BCUT2D eigenvalue weighted by atomic mass is 10.2. The molecule has 4 nitrogen and oxygen atoms in total. The molecule has 21 heavy (non-hydrogen) atoms. The van der Waals surface area contributed by atoms with Crippen molar-refractivity contribution in [3.05, 3.63) is 50.6 Å². The summed E-state index contributed by atoms with van der Waals surface area (Å²) >= 11 is 4.91. The standard InChI is InChI=1S/C14H17BrN2O2S2/c1-2-16-9-11-4-3-5-12(8-11)21(18,19)17-10-14-13(15)6-7-20-14/h3-8,16-17H,2,9-10H2,1H3. The van der Waals surface area contributed by atoms with E-state index in [0.717, 1.165) is 21.5 Å². The molecule has 0 fully saturated rings. The quantitative estimate of drug-likeness (QED) is 0.765. The van der Waals surface area contributed by atoms with E-state index in [1.807, 2.05) is 24.4 Å². The average molecular weight is 389 g/mol. The van der Waals surface area contributed by atoms with Gasteiger partial charge in [0.2, 0.25) is 10.0 Å². The first kappa shape index (κ1) is 16.6. The average Bonchev–Trinajstić information content (AvgIpc) is 2.89. The number of hydrogen-bond acceptors (Lipinski definition) is 4. The lowest BCUT2D eigenvalue weighted by Gasteiger charge is -2.08. The van der Waals surface area contributed by atoms with Gasteiger partial charge in [-0.15, -0.1) is 11.3 Å². The van der Waals surface area contributed by atoms with Crippen molar-refractivity contribution < 1.29 is 8.42 Å². The summed E-state index contributed by atoms with van der Waals surface area (Å²) in [5.74, 6) is 0. The van der Waals surface area contributed by atoms with E-state index in [1.165, 1.54) is 11.3 Å². The molecule has 0 saturated heterocycles. The van der Waals surface area contributed by atoms with E-state index >= 15 is 0 Å². The van der Waals surface area contributed by atoms with Gasteiger partial charge in [-0.2, -0.15) is 0 Å². The third kappa shape index (κ3) is 4.62. The molecule has 2 N–H and O–H groups in total. The van der Waals surface area contributed by atoms with E-state index in [2.05, 4.69) is 26.0 Å². The maximum Gasteiger partial charge on any atom is 0.240 e. The van der Waals surface area contributed by atoms with Gasteiger partial charge in [-0.25, -0.2) is 13.1 Å². The fourth-order valence-electron chi connectivity index (χ4n) is 1.79. The second-order valence-electron chi connectivity index (χ2n) is 4.44. The molecule has 2 rings (SSSR count). The summed E-state index contributed by atoms with van der Waals surface area (Å²) in [5.41, 5.74) is 0.956. The highest BCUT2D eigenvalue weighted by molar-refractivity contribution is 9.10. The number of rotatable bonds is 7. The molecule has 0 amide bonds. The Morgan fingerprint density at radius 3 is 2.71 bits per heavy atom. The minimum Gasteiger partial charge on any atom is -0.313 e. The smallest absolute Gasteiger partial charge is 0.240 e. The van der Waals surface area contributed by atoms with Crippen LogP contribution in [-0.2, 0) is 23.1 Å². The van der Waals surface area contributed by atoms with E-state index in [0.29, 0.717) is 11.4 Å². The summed E-state index contributed by atoms with van der Waals surface area (Å²) < 4.78 is 28.2. The van der Waals surface area contributed by atoms with Crippen molar-refractivity contribution in [1.82, 2.24) is 10.0 Å². The van der Waals surface area contributed by atoms with Crippen LogP contribution in [0, 0.1) is 0 Å². The molecule has 1 aromatic heterocycles. The highest BCUT2D eigenvalue weighted by Gasteiger charge is 2.15. The van der Waals surface area contributed by atoms with Gasteiger partial charge >= 0.3 is 0 Å². The lowest BCUT2D eigenvalue weighted by Crippen LogP contribution is -2.23. The van der Waals surface area contributed by atoms with E-state index in [4.69, 9.17) is 0 Å². The van der Waals surface area contributed by atoms with Crippen LogP contribution in [-0.4, -0.2) is 15.0 Å². The molecule has 7 heteroatoms. The molecule has 0 saturated carbocycles. The number of sulfonamides is 1. The van der Waals surface area contributed by atoms with Gasteiger partial charge in [0.25, 0.3) is 0 Å². The second kappa shape index (κ2) is 7.51. The van der Waals surface area contributed by atoms with Crippen molar-refractivity contribution in [3.8, 4) is 0 Å². The predicted octanol–water partition coefficient (Wildman–Crippen LogP) is 3.10. The van der Waals surface area contributed by atoms with Crippen LogP contribution >= 0.6 is 27.3 Å². The molecular formula is C14H17BrN2O2S2. The van der Waals surface area contributed by atoms with Crippen LogP contribution in [0.4, 0.5) is 0 Å². The first-order valence-corrected chi connectivity index (χ1v) is 9.69. The van der Waals surface area contributed by atoms with E-state index in [1.54, 1.807) is 18.2 Å². The normalized spacial score (nSPS) is 11.7. The van der Waals surface area contributed by atoms with Gasteiger partial charge in [0.1, 0.15) is 0 Å². The Bertz CT molecular complexity index is 699. The van der Waals surface area contributed by atoms with Gasteiger partial charge in [-0.1, -0.05) is 19.1 Å². The van der Waals surface area contributed by atoms with Crippen LogP contribution in [0.2, 0.25) is 0 Å². The Hall–Kier alpha value is -0.730. The van der Waals surface area contributed by atoms with Crippen molar-refractivity contribution in [2.75, 3.05) is 6.54 Å². The molecule has 1 aromatic carbocycles. The first-order valence-electron chi connectivity index (χ1n) is 6.54. The van der Waals surface area contributed by atoms with Crippen LogP contribution in [0.1, 0.15) is 17.4 Å². The highest BCUT2D eigenvalue weighted by atomic mass is 79.9. The van der Waals surface area contributed by atoms with Crippen molar-refractivity contribution in [2.45, 2.75) is 24.9 Å². The van der Waals surface area contributed by atoms with Crippen LogP contribution in [0.15, 0.2) is 45.1 Å². The van der Waals surface area contributed by atoms with E-state index < -0.39 is 10.0 Å². The zero-order chi connectivity index (χ0) is 15.3. The molecule has 2 aromatic rings. The van der Waals surface area contributed by atoms with Gasteiger partial charge in [0.05, 0.1) is 4.90 Å². The van der Waals surface area contributed by atoms with Gasteiger partial charge in [0.15, 0.2) is 0 Å². The zero-order valence-corrected chi connectivity index (χ0v) is 14.8. The molecule has 0 radical (unpaired) electrons. The summed E-state index contributed by atoms with van der Waals surface area (Å²) in [6.45, 7) is 3.82. The van der Waals surface area contributed by atoms with E-state index in [-0.39, 0.29) is 6.54 Å². The molecule has 0 aliphatic heterocycles. The molecular weight excluding hydrogens is 372 g/mol. The number of nitrogens with one attached hydrogen (secondary N) is 2. The third-order valence-corrected chi connectivity index (χ3v) is 6.23. The minimum atomic E-state index is -3.49. The number of thiophene rings is 1. The Kier molecular flexibility index (Phi) is 5.95. The summed E-state index contributed by atoms with van der Waals surface area (Å²) in [6, 6.07) is 8.90. The Balaban J connectivity index is 2.10. The Morgan fingerprint density at radius 2 is 2.05 bits per heavy atom. The maximum absolute atomic E-state index is 12.3. The van der Waals surface area contributed by atoms with Crippen LogP contribution in [0.3, 0.4) is 0 Å². The lowest BCUT2D eigenvalue weighted by molar-refractivity contribution is 0.581. The highest BCUT2D eigenvalue weighted by Crippen LogP contribution is 2.23. The molecule has 0 spiro atoms. The Labute approximate surface area is 137 Å². The first-order chi connectivity index (χ1) is 10.0. The number of benzene rings is 1. The summed E-state index contributed by atoms with van der Waals surface area (Å²) in [6.07, 6.45) is 0. The predicted molar refractivity (Wildman–Crippen MR) is 89.9 cm³/mol. The molecule has 0 aliphatic carbocycles. The summed E-state index contributed by atoms with van der Waals surface area (Å²) in [5, 5.41) is 5.11. The fourth-order valence-corrected chi connectivity index (χ4v) is 4.38. The van der Waals surface area contributed by atoms with Crippen molar-refractivity contribution in [3.63, 3.8) is 0 Å². The second-order valence-corrected chi connectivity index (χ2v) is 8.07. The summed E-state index contributed by atoms with van der Waals surface area (Å²) in [4.78, 5) is 1.26. The fraction of sp³-hybridized carbons (Fsp3) is 0.286. The van der Waals surface area contributed by atoms with Gasteiger partial charge in [0, 0.05) is 22.4 Å². The van der Waals surface area contributed by atoms with Crippen molar-refractivity contribution in [1.29, 1.82) is 0 Å². The molecule has 0 bridgehead atoms. The maximum atomic E-state index is 12.3. The number of hydrogen-bond donors (Lipinski definition) is 2. The van der Waals surface area contributed by atoms with Crippen molar-refractivity contribution in [2.24, 2.45) is 0 Å². The zero-order valence-electron chi connectivity index (χ0n) is 11.6. The van der Waals surface area contributed by atoms with Crippen LogP contribution < -0.4 is 10.0 Å². The van der Waals surface area contributed by atoms with E-state index in [9.17, 15) is 8.42 Å². The molecule has 0 unspecified atom stereocenters. The van der Waals surface area contributed by atoms with Crippen LogP contribution in [0.25, 0.3) is 0 Å². The van der Waals surface area contributed by atoms with Crippen molar-refractivity contribution >= 4 is 37.3 Å². The van der Waals surface area contributed by atoms with Gasteiger partial charge < -0.3 is 5.32 Å². The summed E-state index contributed by atoms with van der Waals surface area (Å²) in [7, 11) is -3.49. The van der Waals surface area contributed by atoms with Crippen LogP contribution in [0.5, 0.6) is 0 Å². The van der Waals surface area contributed by atoms with Gasteiger partial charge in [-0.05, 0) is 51.6 Å². The molecule has 0 aliphatic rings. The third-order valence-electron chi connectivity index (χ3n) is 2.90. The SMILES string of the molecule is CCNCc1cccc(S(=O)(=O)NCc2sccc2Br)c1. The number of halogens is 1. The monoisotopic (exact) mass is 388 g/mol. The molecule has 1 heterocycles. The largest absolute Gasteiger partial charge is 0.313 e.